The maximum atomic E-state index is 12.3. The molecular formula is C18H21N5OS2. The van der Waals surface area contributed by atoms with Crippen molar-refractivity contribution in [1.82, 2.24) is 9.36 Å². The van der Waals surface area contributed by atoms with Crippen molar-refractivity contribution in [2.24, 2.45) is 5.92 Å². The molecule has 0 aliphatic carbocycles. The number of carbonyl (C=O) groups is 1. The molecule has 0 spiro atoms. The number of aromatic nitrogens is 2. The number of hydrogen-bond acceptors (Lipinski definition) is 7. The van der Waals surface area contributed by atoms with Crippen molar-refractivity contribution in [3.05, 3.63) is 35.4 Å². The SMILES string of the molecule is CC(C)CSc1nsc(NC(=O)C(C#N)=Cc2ccc(N(C)C)cc2)n1. The van der Waals surface area contributed by atoms with E-state index < -0.39 is 5.91 Å². The molecule has 8 heteroatoms. The van der Waals surface area contributed by atoms with Gasteiger partial charge in [-0.1, -0.05) is 37.7 Å². The zero-order valence-corrected chi connectivity index (χ0v) is 16.8. The Balaban J connectivity index is 2.05. The number of nitriles is 1. The number of nitrogens with zero attached hydrogens (tertiary/aromatic N) is 4. The van der Waals surface area contributed by atoms with Crippen molar-refractivity contribution in [2.45, 2.75) is 19.0 Å². The zero-order chi connectivity index (χ0) is 19.1. The predicted octanol–water partition coefficient (Wildman–Crippen LogP) is 3.90. The molecule has 0 atom stereocenters. The first kappa shape index (κ1) is 19.9. The number of anilines is 2. The molecule has 0 radical (unpaired) electrons. The monoisotopic (exact) mass is 387 g/mol. The highest BCUT2D eigenvalue weighted by molar-refractivity contribution is 7.99. The summed E-state index contributed by atoms with van der Waals surface area (Å²) in [4.78, 5) is 18.6. The summed E-state index contributed by atoms with van der Waals surface area (Å²) in [7, 11) is 3.91. The number of hydrogen-bond donors (Lipinski definition) is 1. The van der Waals surface area contributed by atoms with Gasteiger partial charge in [-0.05, 0) is 29.7 Å². The van der Waals surface area contributed by atoms with Gasteiger partial charge in [0.05, 0.1) is 0 Å². The van der Waals surface area contributed by atoms with Gasteiger partial charge in [0, 0.05) is 37.1 Å². The fourth-order valence-corrected chi connectivity index (χ4v) is 3.40. The van der Waals surface area contributed by atoms with Crippen LogP contribution in [0.1, 0.15) is 19.4 Å². The first-order valence-electron chi connectivity index (χ1n) is 8.06. The number of benzene rings is 1. The molecular weight excluding hydrogens is 366 g/mol. The van der Waals surface area contributed by atoms with Crippen molar-refractivity contribution in [3.63, 3.8) is 0 Å². The molecule has 136 valence electrons. The lowest BCUT2D eigenvalue weighted by Gasteiger charge is -2.11. The standard InChI is InChI=1S/C18H21N5OS2/c1-12(2)11-25-18-21-17(26-22-18)20-16(24)14(10-19)9-13-5-7-15(8-6-13)23(3)4/h5-9,12H,11H2,1-4H3,(H,20,21,22,24). The fraction of sp³-hybridized carbons (Fsp3) is 0.333. The molecule has 0 aliphatic rings. The number of carbonyl (C=O) groups excluding carboxylic acids is 1. The average molecular weight is 388 g/mol. The molecule has 6 nitrogen and oxygen atoms in total. The van der Waals surface area contributed by atoms with E-state index in [9.17, 15) is 10.1 Å². The Morgan fingerprint density at radius 1 is 1.38 bits per heavy atom. The van der Waals surface area contributed by atoms with Crippen LogP contribution in [0.25, 0.3) is 6.08 Å². The molecule has 0 saturated carbocycles. The summed E-state index contributed by atoms with van der Waals surface area (Å²) in [5.74, 6) is 0.963. The molecule has 26 heavy (non-hydrogen) atoms. The minimum atomic E-state index is -0.485. The average Bonchev–Trinajstić information content (AvgIpc) is 3.05. The molecule has 0 saturated heterocycles. The van der Waals surface area contributed by atoms with E-state index in [1.54, 1.807) is 17.8 Å². The summed E-state index contributed by atoms with van der Waals surface area (Å²) in [6.45, 7) is 4.24. The quantitative estimate of drug-likeness (QED) is 0.441. The Kier molecular flexibility index (Phi) is 7.18. The summed E-state index contributed by atoms with van der Waals surface area (Å²) in [6, 6.07) is 9.54. The van der Waals surface area contributed by atoms with E-state index in [4.69, 9.17) is 0 Å². The van der Waals surface area contributed by atoms with E-state index in [0.717, 1.165) is 28.5 Å². The van der Waals surface area contributed by atoms with Crippen molar-refractivity contribution in [2.75, 3.05) is 30.1 Å². The van der Waals surface area contributed by atoms with Crippen LogP contribution in [-0.2, 0) is 4.79 Å². The van der Waals surface area contributed by atoms with E-state index in [1.807, 2.05) is 49.3 Å². The van der Waals surface area contributed by atoms with Crippen LogP contribution in [0.2, 0.25) is 0 Å². The topological polar surface area (TPSA) is 81.9 Å². The highest BCUT2D eigenvalue weighted by Gasteiger charge is 2.13. The fourth-order valence-electron chi connectivity index (χ4n) is 1.91. The van der Waals surface area contributed by atoms with Crippen LogP contribution < -0.4 is 10.2 Å². The zero-order valence-electron chi connectivity index (χ0n) is 15.2. The third-order valence-electron chi connectivity index (χ3n) is 3.26. The molecule has 1 aromatic carbocycles. The highest BCUT2D eigenvalue weighted by Crippen LogP contribution is 2.22. The van der Waals surface area contributed by atoms with Gasteiger partial charge in [-0.3, -0.25) is 10.1 Å². The maximum absolute atomic E-state index is 12.3. The van der Waals surface area contributed by atoms with Crippen molar-refractivity contribution >= 4 is 46.1 Å². The highest BCUT2D eigenvalue weighted by atomic mass is 32.2. The minimum absolute atomic E-state index is 0.0224. The van der Waals surface area contributed by atoms with Crippen LogP contribution in [0.3, 0.4) is 0 Å². The van der Waals surface area contributed by atoms with Gasteiger partial charge in [0.25, 0.3) is 5.91 Å². The maximum Gasteiger partial charge on any atom is 0.268 e. The van der Waals surface area contributed by atoms with Crippen molar-refractivity contribution in [1.29, 1.82) is 5.26 Å². The lowest BCUT2D eigenvalue weighted by molar-refractivity contribution is -0.112. The van der Waals surface area contributed by atoms with Crippen molar-refractivity contribution < 1.29 is 4.79 Å². The molecule has 2 rings (SSSR count). The second kappa shape index (κ2) is 9.36. The summed E-state index contributed by atoms with van der Waals surface area (Å²) in [6.07, 6.45) is 1.56. The van der Waals surface area contributed by atoms with Gasteiger partial charge >= 0.3 is 0 Å². The smallest absolute Gasteiger partial charge is 0.268 e. The Morgan fingerprint density at radius 2 is 2.08 bits per heavy atom. The van der Waals surface area contributed by atoms with Gasteiger partial charge in [-0.15, -0.1) is 0 Å². The summed E-state index contributed by atoms with van der Waals surface area (Å²) in [5.41, 5.74) is 1.85. The number of amides is 1. The molecule has 1 N–H and O–H groups in total. The third-order valence-corrected chi connectivity index (χ3v) is 5.28. The summed E-state index contributed by atoms with van der Waals surface area (Å²) < 4.78 is 4.21. The third kappa shape index (κ3) is 5.86. The minimum Gasteiger partial charge on any atom is -0.378 e. The number of rotatable bonds is 7. The molecule has 0 unspecified atom stereocenters. The molecule has 2 aromatic rings. The van der Waals surface area contributed by atoms with Crippen LogP contribution in [0.4, 0.5) is 10.8 Å². The Morgan fingerprint density at radius 3 is 2.65 bits per heavy atom. The number of thioether (sulfide) groups is 1. The van der Waals surface area contributed by atoms with Gasteiger partial charge in [0.1, 0.15) is 11.6 Å². The lowest BCUT2D eigenvalue weighted by atomic mass is 10.1. The first-order chi connectivity index (χ1) is 12.4. The van der Waals surface area contributed by atoms with Crippen LogP contribution in [0.5, 0.6) is 0 Å². The molecule has 0 bridgehead atoms. The van der Waals surface area contributed by atoms with E-state index >= 15 is 0 Å². The summed E-state index contributed by atoms with van der Waals surface area (Å²) in [5, 5.41) is 13.0. The van der Waals surface area contributed by atoms with E-state index in [0.29, 0.717) is 16.2 Å². The molecule has 1 aromatic heterocycles. The summed E-state index contributed by atoms with van der Waals surface area (Å²) >= 11 is 2.66. The van der Waals surface area contributed by atoms with Crippen LogP contribution in [0.15, 0.2) is 35.0 Å². The van der Waals surface area contributed by atoms with E-state index in [2.05, 4.69) is 28.5 Å². The van der Waals surface area contributed by atoms with Crippen LogP contribution in [-0.4, -0.2) is 35.1 Å². The molecule has 1 amide bonds. The van der Waals surface area contributed by atoms with Crippen LogP contribution in [0, 0.1) is 17.2 Å². The molecule has 1 heterocycles. The van der Waals surface area contributed by atoms with Gasteiger partial charge < -0.3 is 4.90 Å². The lowest BCUT2D eigenvalue weighted by Crippen LogP contribution is -2.13. The van der Waals surface area contributed by atoms with Gasteiger partial charge in [-0.2, -0.15) is 14.6 Å². The normalized spacial score (nSPS) is 11.3. The molecule has 0 aliphatic heterocycles. The first-order valence-corrected chi connectivity index (χ1v) is 9.82. The largest absolute Gasteiger partial charge is 0.378 e. The Hall–Kier alpha value is -2.37. The van der Waals surface area contributed by atoms with E-state index in [1.165, 1.54) is 0 Å². The van der Waals surface area contributed by atoms with Gasteiger partial charge in [-0.25, -0.2) is 0 Å². The van der Waals surface area contributed by atoms with Crippen molar-refractivity contribution in [3.8, 4) is 6.07 Å². The second-order valence-corrected chi connectivity index (χ2v) is 7.94. The Labute approximate surface area is 162 Å². The van der Waals surface area contributed by atoms with Gasteiger partial charge in [0.2, 0.25) is 10.3 Å². The predicted molar refractivity (Wildman–Crippen MR) is 108 cm³/mol. The van der Waals surface area contributed by atoms with E-state index in [-0.39, 0.29) is 5.57 Å². The number of nitrogens with one attached hydrogen (secondary N) is 1. The molecule has 0 fully saturated rings. The Bertz CT molecular complexity index is 819. The second-order valence-electron chi connectivity index (χ2n) is 6.20. The van der Waals surface area contributed by atoms with Crippen LogP contribution >= 0.6 is 23.3 Å². The van der Waals surface area contributed by atoms with Gasteiger partial charge in [0.15, 0.2) is 0 Å².